The van der Waals surface area contributed by atoms with Crippen LogP contribution in [0.1, 0.15) is 0 Å². The molecular formula is C15H17NO3S. The van der Waals surface area contributed by atoms with Crippen LogP contribution in [0.5, 0.6) is 5.75 Å². The van der Waals surface area contributed by atoms with Crippen LogP contribution in [0.2, 0.25) is 0 Å². The Morgan fingerprint density at radius 3 is 2.35 bits per heavy atom. The van der Waals surface area contributed by atoms with Crippen LogP contribution in [-0.4, -0.2) is 27.8 Å². The van der Waals surface area contributed by atoms with E-state index in [9.17, 15) is 8.42 Å². The highest BCUT2D eigenvalue weighted by molar-refractivity contribution is 7.90. The molecule has 0 saturated carbocycles. The molecule has 0 amide bonds. The Kier molecular flexibility index (Phi) is 4.63. The third-order valence-corrected chi connectivity index (χ3v) is 3.87. The summed E-state index contributed by atoms with van der Waals surface area (Å²) in [5.74, 6) is 0.797. The number of ether oxygens (including phenoxy) is 1. The normalized spacial score (nSPS) is 11.1. The Labute approximate surface area is 119 Å². The summed E-state index contributed by atoms with van der Waals surface area (Å²) in [6, 6.07) is 16.3. The molecule has 0 aromatic heterocycles. The first-order valence-electron chi connectivity index (χ1n) is 6.28. The quantitative estimate of drug-likeness (QED) is 0.831. The summed E-state index contributed by atoms with van der Waals surface area (Å²) >= 11 is 0. The number of para-hydroxylation sites is 2. The van der Waals surface area contributed by atoms with E-state index in [0.29, 0.717) is 23.7 Å². The number of nitrogens with one attached hydrogen (secondary N) is 1. The zero-order valence-electron chi connectivity index (χ0n) is 11.2. The summed E-state index contributed by atoms with van der Waals surface area (Å²) in [6.45, 7) is 0.990. The highest BCUT2D eigenvalue weighted by Gasteiger charge is 2.11. The second-order valence-electron chi connectivity index (χ2n) is 4.36. The Bertz CT molecular complexity index is 654. The van der Waals surface area contributed by atoms with E-state index in [1.807, 2.05) is 30.3 Å². The lowest BCUT2D eigenvalue weighted by Gasteiger charge is -2.11. The first kappa shape index (κ1) is 14.4. The molecule has 4 nitrogen and oxygen atoms in total. The number of hydrogen-bond donors (Lipinski definition) is 1. The van der Waals surface area contributed by atoms with Crippen molar-refractivity contribution in [2.45, 2.75) is 4.90 Å². The lowest BCUT2D eigenvalue weighted by molar-refractivity contribution is 0.333. The molecule has 20 heavy (non-hydrogen) atoms. The zero-order valence-corrected chi connectivity index (χ0v) is 12.1. The highest BCUT2D eigenvalue weighted by atomic mass is 32.2. The van der Waals surface area contributed by atoms with Crippen LogP contribution < -0.4 is 10.1 Å². The summed E-state index contributed by atoms with van der Waals surface area (Å²) < 4.78 is 28.8. The van der Waals surface area contributed by atoms with Gasteiger partial charge in [-0.25, -0.2) is 8.42 Å². The van der Waals surface area contributed by atoms with Gasteiger partial charge in [0, 0.05) is 12.8 Å². The van der Waals surface area contributed by atoms with Crippen molar-refractivity contribution in [3.8, 4) is 5.75 Å². The third-order valence-electron chi connectivity index (χ3n) is 2.72. The molecule has 0 spiro atoms. The number of benzene rings is 2. The maximum atomic E-state index is 11.6. The van der Waals surface area contributed by atoms with Crippen LogP contribution in [0.15, 0.2) is 59.5 Å². The van der Waals surface area contributed by atoms with E-state index in [0.717, 1.165) is 5.75 Å². The molecule has 0 aliphatic rings. The van der Waals surface area contributed by atoms with Crippen molar-refractivity contribution in [1.82, 2.24) is 0 Å². The molecule has 2 rings (SSSR count). The maximum Gasteiger partial charge on any atom is 0.177 e. The highest BCUT2D eigenvalue weighted by Crippen LogP contribution is 2.20. The van der Waals surface area contributed by atoms with Crippen molar-refractivity contribution in [3.05, 3.63) is 54.6 Å². The first-order chi connectivity index (χ1) is 9.57. The fourth-order valence-corrected chi connectivity index (χ4v) is 2.67. The number of hydrogen-bond acceptors (Lipinski definition) is 4. The van der Waals surface area contributed by atoms with E-state index in [2.05, 4.69) is 5.32 Å². The van der Waals surface area contributed by atoms with Crippen LogP contribution in [-0.2, 0) is 9.84 Å². The van der Waals surface area contributed by atoms with Crippen molar-refractivity contribution in [3.63, 3.8) is 0 Å². The molecule has 0 radical (unpaired) electrons. The zero-order chi connectivity index (χ0) is 14.4. The third kappa shape index (κ3) is 3.99. The van der Waals surface area contributed by atoms with Gasteiger partial charge in [-0.2, -0.15) is 0 Å². The van der Waals surface area contributed by atoms with Crippen molar-refractivity contribution in [2.75, 3.05) is 24.7 Å². The van der Waals surface area contributed by atoms with E-state index in [-0.39, 0.29) is 0 Å². The maximum absolute atomic E-state index is 11.6. The van der Waals surface area contributed by atoms with Gasteiger partial charge in [0.2, 0.25) is 0 Å². The standard InChI is InChI=1S/C15H17NO3S/c1-20(17,18)15-10-6-5-9-14(15)16-11-12-19-13-7-3-2-4-8-13/h2-10,16H,11-12H2,1H3. The van der Waals surface area contributed by atoms with E-state index in [1.54, 1.807) is 24.3 Å². The van der Waals surface area contributed by atoms with E-state index in [1.165, 1.54) is 6.26 Å². The van der Waals surface area contributed by atoms with E-state index in [4.69, 9.17) is 4.74 Å². The number of rotatable bonds is 6. The molecule has 0 aliphatic carbocycles. The lowest BCUT2D eigenvalue weighted by atomic mass is 10.3. The average Bonchev–Trinajstić information content (AvgIpc) is 2.44. The van der Waals surface area contributed by atoms with Crippen LogP contribution in [0.4, 0.5) is 5.69 Å². The first-order valence-corrected chi connectivity index (χ1v) is 8.17. The van der Waals surface area contributed by atoms with Crippen LogP contribution in [0.25, 0.3) is 0 Å². The lowest BCUT2D eigenvalue weighted by Crippen LogP contribution is -2.13. The van der Waals surface area contributed by atoms with Gasteiger partial charge >= 0.3 is 0 Å². The Balaban J connectivity index is 1.92. The smallest absolute Gasteiger partial charge is 0.177 e. The SMILES string of the molecule is CS(=O)(=O)c1ccccc1NCCOc1ccccc1. The molecule has 0 bridgehead atoms. The Morgan fingerprint density at radius 1 is 1.00 bits per heavy atom. The minimum Gasteiger partial charge on any atom is -0.492 e. The summed E-state index contributed by atoms with van der Waals surface area (Å²) in [6.07, 6.45) is 1.20. The van der Waals surface area contributed by atoms with Crippen molar-refractivity contribution < 1.29 is 13.2 Å². The average molecular weight is 291 g/mol. The minimum atomic E-state index is -3.23. The molecule has 0 atom stereocenters. The van der Waals surface area contributed by atoms with Gasteiger partial charge in [0.15, 0.2) is 9.84 Å². The fourth-order valence-electron chi connectivity index (χ4n) is 1.81. The van der Waals surface area contributed by atoms with Crippen LogP contribution >= 0.6 is 0 Å². The molecule has 0 unspecified atom stereocenters. The summed E-state index contributed by atoms with van der Waals surface area (Å²) in [5.41, 5.74) is 0.603. The van der Waals surface area contributed by atoms with Gasteiger partial charge in [-0.05, 0) is 24.3 Å². The number of sulfone groups is 1. The van der Waals surface area contributed by atoms with Crippen molar-refractivity contribution in [2.24, 2.45) is 0 Å². The molecule has 0 heterocycles. The molecule has 2 aromatic carbocycles. The minimum absolute atomic E-state index is 0.305. The molecule has 1 N–H and O–H groups in total. The number of anilines is 1. The Morgan fingerprint density at radius 2 is 1.65 bits per heavy atom. The molecule has 0 fully saturated rings. The summed E-state index contributed by atoms with van der Waals surface area (Å²) in [4.78, 5) is 0.305. The molecule has 2 aromatic rings. The largest absolute Gasteiger partial charge is 0.492 e. The molecule has 5 heteroatoms. The van der Waals surface area contributed by atoms with Gasteiger partial charge in [0.1, 0.15) is 12.4 Å². The monoisotopic (exact) mass is 291 g/mol. The van der Waals surface area contributed by atoms with Gasteiger partial charge in [-0.3, -0.25) is 0 Å². The van der Waals surface area contributed by atoms with Crippen molar-refractivity contribution >= 4 is 15.5 Å². The van der Waals surface area contributed by atoms with Crippen LogP contribution in [0.3, 0.4) is 0 Å². The van der Waals surface area contributed by atoms with Crippen molar-refractivity contribution in [1.29, 1.82) is 0 Å². The van der Waals surface area contributed by atoms with Gasteiger partial charge < -0.3 is 10.1 Å². The Hall–Kier alpha value is -2.01. The van der Waals surface area contributed by atoms with E-state index >= 15 is 0 Å². The van der Waals surface area contributed by atoms with E-state index < -0.39 is 9.84 Å². The molecule has 0 aliphatic heterocycles. The molecule has 0 saturated heterocycles. The summed E-state index contributed by atoms with van der Waals surface area (Å²) in [7, 11) is -3.23. The second-order valence-corrected chi connectivity index (χ2v) is 6.34. The molecular weight excluding hydrogens is 274 g/mol. The topological polar surface area (TPSA) is 55.4 Å². The predicted octanol–water partition coefficient (Wildman–Crippen LogP) is 2.58. The van der Waals surface area contributed by atoms with Crippen LogP contribution in [0, 0.1) is 0 Å². The second kappa shape index (κ2) is 6.43. The summed E-state index contributed by atoms with van der Waals surface area (Å²) in [5, 5.41) is 3.09. The van der Waals surface area contributed by atoms with Gasteiger partial charge in [0.05, 0.1) is 10.6 Å². The predicted molar refractivity (Wildman–Crippen MR) is 80.0 cm³/mol. The van der Waals surface area contributed by atoms with Gasteiger partial charge in [0.25, 0.3) is 0 Å². The van der Waals surface area contributed by atoms with Gasteiger partial charge in [-0.1, -0.05) is 30.3 Å². The fraction of sp³-hybridized carbons (Fsp3) is 0.200. The van der Waals surface area contributed by atoms with Gasteiger partial charge in [-0.15, -0.1) is 0 Å². The molecule has 106 valence electrons.